The fourth-order valence-corrected chi connectivity index (χ4v) is 1.61. The lowest BCUT2D eigenvalue weighted by Gasteiger charge is -2.04. The quantitative estimate of drug-likeness (QED) is 0.444. The lowest BCUT2D eigenvalue weighted by atomic mass is 10.1. The molecule has 0 saturated carbocycles. The van der Waals surface area contributed by atoms with Gasteiger partial charge in [0.05, 0.1) is 0 Å². The summed E-state index contributed by atoms with van der Waals surface area (Å²) in [5, 5.41) is 2.85. The second kappa shape index (κ2) is 10.7. The topological polar surface area (TPSA) is 29.1 Å². The highest BCUT2D eigenvalue weighted by Gasteiger charge is 1.99. The van der Waals surface area contributed by atoms with Gasteiger partial charge in [-0.1, -0.05) is 58.4 Å². The molecule has 0 aromatic rings. The molecule has 0 rings (SSSR count). The van der Waals surface area contributed by atoms with Crippen molar-refractivity contribution < 1.29 is 4.79 Å². The van der Waals surface area contributed by atoms with Gasteiger partial charge in [-0.15, -0.1) is 0 Å². The van der Waals surface area contributed by atoms with Crippen LogP contribution in [0.3, 0.4) is 0 Å². The molecular formula is C14H27NO. The Labute approximate surface area is 101 Å². The van der Waals surface area contributed by atoms with Crippen LogP contribution in [0, 0.1) is 0 Å². The first-order valence-electron chi connectivity index (χ1n) is 6.62. The van der Waals surface area contributed by atoms with Crippen molar-refractivity contribution in [3.05, 3.63) is 12.2 Å². The molecule has 0 aromatic carbocycles. The number of unbranched alkanes of at least 4 members (excludes halogenated alkanes) is 7. The van der Waals surface area contributed by atoms with E-state index in [0.29, 0.717) is 5.57 Å². The Bertz CT molecular complexity index is 199. The van der Waals surface area contributed by atoms with Crippen molar-refractivity contribution in [2.75, 3.05) is 6.54 Å². The zero-order valence-corrected chi connectivity index (χ0v) is 11.0. The summed E-state index contributed by atoms with van der Waals surface area (Å²) < 4.78 is 0. The summed E-state index contributed by atoms with van der Waals surface area (Å²) in [5.74, 6) is -0.0112. The largest absolute Gasteiger partial charge is 0.352 e. The molecule has 0 aromatic heterocycles. The minimum absolute atomic E-state index is 0.0112. The van der Waals surface area contributed by atoms with Gasteiger partial charge in [0.25, 0.3) is 0 Å². The average Bonchev–Trinajstić information content (AvgIpc) is 2.26. The molecule has 0 radical (unpaired) electrons. The predicted molar refractivity (Wildman–Crippen MR) is 70.4 cm³/mol. The number of rotatable bonds is 10. The van der Waals surface area contributed by atoms with Gasteiger partial charge in [0.15, 0.2) is 0 Å². The zero-order valence-electron chi connectivity index (χ0n) is 11.0. The molecule has 0 bridgehead atoms. The molecular weight excluding hydrogens is 198 g/mol. The Balaban J connectivity index is 3.10. The van der Waals surface area contributed by atoms with E-state index in [1.807, 2.05) is 0 Å². The van der Waals surface area contributed by atoms with Gasteiger partial charge < -0.3 is 5.32 Å². The lowest BCUT2D eigenvalue weighted by Crippen LogP contribution is -2.24. The Morgan fingerprint density at radius 1 is 1.00 bits per heavy atom. The highest BCUT2D eigenvalue weighted by molar-refractivity contribution is 5.91. The summed E-state index contributed by atoms with van der Waals surface area (Å²) in [5.41, 5.74) is 0.597. The number of carbonyl (C=O) groups excluding carboxylic acids is 1. The van der Waals surface area contributed by atoms with E-state index in [1.165, 1.54) is 44.9 Å². The van der Waals surface area contributed by atoms with Crippen LogP contribution in [-0.2, 0) is 4.79 Å². The second-order valence-corrected chi connectivity index (χ2v) is 4.51. The smallest absolute Gasteiger partial charge is 0.246 e. The average molecular weight is 225 g/mol. The van der Waals surface area contributed by atoms with Crippen molar-refractivity contribution >= 4 is 5.91 Å². The van der Waals surface area contributed by atoms with Crippen LogP contribution in [0.1, 0.15) is 65.2 Å². The molecule has 2 heteroatoms. The maximum absolute atomic E-state index is 11.1. The molecule has 0 heterocycles. The molecule has 94 valence electrons. The second-order valence-electron chi connectivity index (χ2n) is 4.51. The van der Waals surface area contributed by atoms with Crippen molar-refractivity contribution in [1.82, 2.24) is 5.32 Å². The predicted octanol–water partition coefficient (Wildman–Crippen LogP) is 3.82. The Morgan fingerprint density at radius 3 is 2.00 bits per heavy atom. The van der Waals surface area contributed by atoms with Gasteiger partial charge in [0.1, 0.15) is 0 Å². The fraction of sp³-hybridized carbons (Fsp3) is 0.786. The van der Waals surface area contributed by atoms with Crippen LogP contribution < -0.4 is 5.32 Å². The molecule has 0 saturated heterocycles. The summed E-state index contributed by atoms with van der Waals surface area (Å²) in [4.78, 5) is 11.1. The van der Waals surface area contributed by atoms with Gasteiger partial charge in [0, 0.05) is 12.1 Å². The summed E-state index contributed by atoms with van der Waals surface area (Å²) >= 11 is 0. The summed E-state index contributed by atoms with van der Waals surface area (Å²) in [6.07, 6.45) is 10.4. The van der Waals surface area contributed by atoms with E-state index in [-0.39, 0.29) is 5.91 Å². The molecule has 0 fully saturated rings. The van der Waals surface area contributed by atoms with Crippen LogP contribution in [0.15, 0.2) is 12.2 Å². The summed E-state index contributed by atoms with van der Waals surface area (Å²) in [6, 6.07) is 0. The zero-order chi connectivity index (χ0) is 12.2. The third kappa shape index (κ3) is 9.75. The minimum atomic E-state index is -0.0112. The van der Waals surface area contributed by atoms with Crippen molar-refractivity contribution in [3.8, 4) is 0 Å². The molecule has 16 heavy (non-hydrogen) atoms. The van der Waals surface area contributed by atoms with E-state index in [0.717, 1.165) is 13.0 Å². The number of amides is 1. The van der Waals surface area contributed by atoms with E-state index in [4.69, 9.17) is 0 Å². The monoisotopic (exact) mass is 225 g/mol. The van der Waals surface area contributed by atoms with E-state index < -0.39 is 0 Å². The highest BCUT2D eigenvalue weighted by atomic mass is 16.1. The van der Waals surface area contributed by atoms with Crippen LogP contribution in [0.2, 0.25) is 0 Å². The third-order valence-electron chi connectivity index (χ3n) is 2.70. The SMILES string of the molecule is C=C(C)C(=O)NCCCCCCCCCC. The molecule has 0 unspecified atom stereocenters. The molecule has 0 spiro atoms. The normalized spacial score (nSPS) is 10.1. The standard InChI is InChI=1S/C14H27NO/c1-4-5-6-7-8-9-10-11-12-15-14(16)13(2)3/h2,4-12H2,1,3H3,(H,15,16). The minimum Gasteiger partial charge on any atom is -0.352 e. The highest BCUT2D eigenvalue weighted by Crippen LogP contribution is 2.07. The van der Waals surface area contributed by atoms with Gasteiger partial charge in [-0.3, -0.25) is 4.79 Å². The van der Waals surface area contributed by atoms with Crippen molar-refractivity contribution in [3.63, 3.8) is 0 Å². The number of hydrogen-bond donors (Lipinski definition) is 1. The van der Waals surface area contributed by atoms with E-state index in [9.17, 15) is 4.79 Å². The van der Waals surface area contributed by atoms with E-state index >= 15 is 0 Å². The van der Waals surface area contributed by atoms with Crippen molar-refractivity contribution in [2.24, 2.45) is 0 Å². The third-order valence-corrected chi connectivity index (χ3v) is 2.70. The molecule has 0 aliphatic heterocycles. The first-order valence-corrected chi connectivity index (χ1v) is 6.62. The molecule has 0 aliphatic rings. The van der Waals surface area contributed by atoms with Crippen LogP contribution in [-0.4, -0.2) is 12.5 Å². The van der Waals surface area contributed by atoms with Gasteiger partial charge in [0.2, 0.25) is 5.91 Å². The van der Waals surface area contributed by atoms with Gasteiger partial charge in [-0.05, 0) is 13.3 Å². The van der Waals surface area contributed by atoms with E-state index in [2.05, 4.69) is 18.8 Å². The molecule has 2 nitrogen and oxygen atoms in total. The van der Waals surface area contributed by atoms with Crippen molar-refractivity contribution in [1.29, 1.82) is 0 Å². The molecule has 0 aliphatic carbocycles. The van der Waals surface area contributed by atoms with Crippen LogP contribution in [0.5, 0.6) is 0 Å². The van der Waals surface area contributed by atoms with E-state index in [1.54, 1.807) is 6.92 Å². The Hall–Kier alpha value is -0.790. The molecule has 1 amide bonds. The number of nitrogens with one attached hydrogen (secondary N) is 1. The Kier molecular flexibility index (Phi) is 10.2. The van der Waals surface area contributed by atoms with Crippen molar-refractivity contribution in [2.45, 2.75) is 65.2 Å². The Morgan fingerprint density at radius 2 is 1.50 bits per heavy atom. The number of carbonyl (C=O) groups is 1. The van der Waals surface area contributed by atoms with Gasteiger partial charge >= 0.3 is 0 Å². The maximum atomic E-state index is 11.1. The first-order chi connectivity index (χ1) is 7.68. The molecule has 1 N–H and O–H groups in total. The summed E-state index contributed by atoms with van der Waals surface area (Å²) in [7, 11) is 0. The van der Waals surface area contributed by atoms with Crippen LogP contribution in [0.25, 0.3) is 0 Å². The van der Waals surface area contributed by atoms with Crippen LogP contribution >= 0.6 is 0 Å². The number of hydrogen-bond acceptors (Lipinski definition) is 1. The first kappa shape index (κ1) is 15.2. The van der Waals surface area contributed by atoms with Crippen LogP contribution in [0.4, 0.5) is 0 Å². The fourth-order valence-electron chi connectivity index (χ4n) is 1.61. The summed E-state index contributed by atoms with van der Waals surface area (Å²) in [6.45, 7) is 8.37. The van der Waals surface area contributed by atoms with Gasteiger partial charge in [-0.2, -0.15) is 0 Å². The molecule has 0 atom stereocenters. The maximum Gasteiger partial charge on any atom is 0.246 e. The van der Waals surface area contributed by atoms with Gasteiger partial charge in [-0.25, -0.2) is 0 Å². The lowest BCUT2D eigenvalue weighted by molar-refractivity contribution is -0.117.